The summed E-state index contributed by atoms with van der Waals surface area (Å²) in [7, 11) is 0. The van der Waals surface area contributed by atoms with Crippen molar-refractivity contribution in [3.63, 3.8) is 0 Å². The van der Waals surface area contributed by atoms with E-state index in [0.717, 1.165) is 16.5 Å². The average Bonchev–Trinajstić information content (AvgIpc) is 3.17. The number of aliphatic carboxylic acids is 1. The number of primary amides is 1. The van der Waals surface area contributed by atoms with Crippen LogP contribution in [0.15, 0.2) is 30.5 Å². The number of hydrogen-bond acceptors (Lipinski definition) is 6. The van der Waals surface area contributed by atoms with Crippen molar-refractivity contribution in [1.82, 2.24) is 20.9 Å². The highest BCUT2D eigenvalue weighted by atomic mass is 16.4. The minimum absolute atomic E-state index is 0.0393. The van der Waals surface area contributed by atoms with Gasteiger partial charge in [-0.1, -0.05) is 32.0 Å². The van der Waals surface area contributed by atoms with E-state index in [1.165, 1.54) is 0 Å². The molecule has 0 aliphatic heterocycles. The molecule has 184 valence electrons. The summed E-state index contributed by atoms with van der Waals surface area (Å²) in [6.45, 7) is 2.88. The molecule has 12 nitrogen and oxygen atoms in total. The lowest BCUT2D eigenvalue weighted by Gasteiger charge is -2.24. The van der Waals surface area contributed by atoms with E-state index in [1.807, 2.05) is 24.3 Å². The number of carbonyl (C=O) groups is 5. The highest BCUT2D eigenvalue weighted by molar-refractivity contribution is 5.94. The average molecular weight is 475 g/mol. The van der Waals surface area contributed by atoms with E-state index >= 15 is 0 Å². The Balaban J connectivity index is 2.00. The van der Waals surface area contributed by atoms with Crippen molar-refractivity contribution in [2.45, 2.75) is 44.8 Å². The maximum absolute atomic E-state index is 12.8. The minimum Gasteiger partial charge on any atom is -0.480 e. The van der Waals surface area contributed by atoms with Gasteiger partial charge in [-0.25, -0.2) is 4.79 Å². The standard InChI is InChI=1S/C22H30N6O6/c1-11(2)19(28-18(30)10-26-20(31)14(23)8-17(24)29)21(32)27-16(22(33)34)7-12-9-25-15-6-4-3-5-13(12)15/h3-6,9,11,14,16,19,25H,7-8,10,23H2,1-2H3,(H2,24,29)(H,26,31)(H,27,32)(H,28,30)(H,33,34). The molecule has 12 heteroatoms. The Bertz CT molecular complexity index is 1070. The van der Waals surface area contributed by atoms with Gasteiger partial charge in [0.25, 0.3) is 0 Å². The van der Waals surface area contributed by atoms with Crippen molar-refractivity contribution in [3.05, 3.63) is 36.0 Å². The van der Waals surface area contributed by atoms with Gasteiger partial charge in [0.2, 0.25) is 23.6 Å². The molecule has 0 fully saturated rings. The summed E-state index contributed by atoms with van der Waals surface area (Å²) in [6.07, 6.45) is 1.36. The van der Waals surface area contributed by atoms with Gasteiger partial charge in [0.15, 0.2) is 0 Å². The van der Waals surface area contributed by atoms with Gasteiger partial charge in [-0.3, -0.25) is 19.2 Å². The summed E-state index contributed by atoms with van der Waals surface area (Å²) in [4.78, 5) is 62.7. The molecule has 0 radical (unpaired) electrons. The Labute approximate surface area is 195 Å². The number of nitrogens with one attached hydrogen (secondary N) is 4. The van der Waals surface area contributed by atoms with Crippen LogP contribution in [0.4, 0.5) is 0 Å². The first kappa shape index (κ1) is 26.3. The lowest BCUT2D eigenvalue weighted by molar-refractivity contribution is -0.142. The third-order valence-electron chi connectivity index (χ3n) is 5.16. The summed E-state index contributed by atoms with van der Waals surface area (Å²) in [6, 6.07) is 3.92. The molecule has 0 bridgehead atoms. The van der Waals surface area contributed by atoms with Crippen LogP contribution in [0, 0.1) is 5.92 Å². The summed E-state index contributed by atoms with van der Waals surface area (Å²) < 4.78 is 0. The number of aromatic nitrogens is 1. The summed E-state index contributed by atoms with van der Waals surface area (Å²) in [5.41, 5.74) is 12.1. The molecule has 34 heavy (non-hydrogen) atoms. The number of aromatic amines is 1. The number of fused-ring (bicyclic) bond motifs is 1. The van der Waals surface area contributed by atoms with Crippen molar-refractivity contribution in [2.75, 3.05) is 6.54 Å². The lowest BCUT2D eigenvalue weighted by Crippen LogP contribution is -2.56. The smallest absolute Gasteiger partial charge is 0.326 e. The van der Waals surface area contributed by atoms with E-state index in [2.05, 4.69) is 20.9 Å². The fraction of sp³-hybridized carbons (Fsp3) is 0.409. The molecule has 0 spiro atoms. The Morgan fingerprint density at radius 2 is 1.74 bits per heavy atom. The Morgan fingerprint density at radius 1 is 1.06 bits per heavy atom. The Kier molecular flexibility index (Phi) is 9.13. The number of para-hydroxylation sites is 1. The molecule has 0 aliphatic rings. The minimum atomic E-state index is -1.23. The molecule has 0 saturated heterocycles. The molecule has 2 rings (SSSR count). The number of rotatable bonds is 12. The molecule has 0 saturated carbocycles. The molecule has 0 aliphatic carbocycles. The highest BCUT2D eigenvalue weighted by Crippen LogP contribution is 2.19. The maximum atomic E-state index is 12.8. The normalized spacial score (nSPS) is 13.6. The van der Waals surface area contributed by atoms with E-state index in [9.17, 15) is 29.1 Å². The van der Waals surface area contributed by atoms with E-state index in [0.29, 0.717) is 0 Å². The molecule has 1 aromatic carbocycles. The number of carbonyl (C=O) groups excluding carboxylic acids is 4. The summed E-state index contributed by atoms with van der Waals surface area (Å²) >= 11 is 0. The number of carboxylic acids is 1. The molecule has 1 heterocycles. The fourth-order valence-corrected chi connectivity index (χ4v) is 3.35. The van der Waals surface area contributed by atoms with Crippen molar-refractivity contribution in [3.8, 4) is 0 Å². The molecule has 9 N–H and O–H groups in total. The van der Waals surface area contributed by atoms with Crippen LogP contribution >= 0.6 is 0 Å². The molecule has 4 amide bonds. The van der Waals surface area contributed by atoms with Gasteiger partial charge in [0.1, 0.15) is 12.1 Å². The number of H-pyrrole nitrogens is 1. The highest BCUT2D eigenvalue weighted by Gasteiger charge is 2.29. The SMILES string of the molecule is CC(C)C(NC(=O)CNC(=O)C(N)CC(N)=O)C(=O)NC(Cc1c[nH]c2ccccc12)C(=O)O. The lowest BCUT2D eigenvalue weighted by atomic mass is 10.0. The first-order valence-electron chi connectivity index (χ1n) is 10.7. The number of carboxylic acid groups (broad SMARTS) is 1. The van der Waals surface area contributed by atoms with E-state index in [-0.39, 0.29) is 18.8 Å². The second-order valence-electron chi connectivity index (χ2n) is 8.25. The monoisotopic (exact) mass is 474 g/mol. The van der Waals surface area contributed by atoms with Crippen LogP contribution < -0.4 is 27.4 Å². The first-order valence-corrected chi connectivity index (χ1v) is 10.7. The second kappa shape index (κ2) is 11.8. The van der Waals surface area contributed by atoms with Gasteiger partial charge in [0, 0.05) is 23.5 Å². The van der Waals surface area contributed by atoms with Gasteiger partial charge < -0.3 is 37.5 Å². The maximum Gasteiger partial charge on any atom is 0.326 e. The van der Waals surface area contributed by atoms with Crippen LogP contribution in [0.3, 0.4) is 0 Å². The molecule has 2 aromatic rings. The molecule has 3 atom stereocenters. The molecule has 1 aromatic heterocycles. The van der Waals surface area contributed by atoms with Crippen LogP contribution in [0.25, 0.3) is 10.9 Å². The fourth-order valence-electron chi connectivity index (χ4n) is 3.35. The van der Waals surface area contributed by atoms with Crippen LogP contribution in [0.5, 0.6) is 0 Å². The van der Waals surface area contributed by atoms with Gasteiger partial charge in [-0.15, -0.1) is 0 Å². The van der Waals surface area contributed by atoms with Crippen molar-refractivity contribution >= 4 is 40.5 Å². The Hall–Kier alpha value is -3.93. The van der Waals surface area contributed by atoms with E-state index in [1.54, 1.807) is 20.0 Å². The van der Waals surface area contributed by atoms with Crippen molar-refractivity contribution < 1.29 is 29.1 Å². The zero-order valence-corrected chi connectivity index (χ0v) is 19.0. The zero-order chi connectivity index (χ0) is 25.4. The number of nitrogens with two attached hydrogens (primary N) is 2. The number of benzene rings is 1. The second-order valence-corrected chi connectivity index (χ2v) is 8.25. The van der Waals surface area contributed by atoms with Gasteiger partial charge in [-0.05, 0) is 17.5 Å². The van der Waals surface area contributed by atoms with Crippen molar-refractivity contribution in [1.29, 1.82) is 0 Å². The summed E-state index contributed by atoms with van der Waals surface area (Å²) in [5.74, 6) is -4.46. The molecule has 3 unspecified atom stereocenters. The quantitative estimate of drug-likeness (QED) is 0.198. The van der Waals surface area contributed by atoms with E-state index < -0.39 is 54.3 Å². The molecular weight excluding hydrogens is 444 g/mol. The number of amides is 4. The zero-order valence-electron chi connectivity index (χ0n) is 19.0. The van der Waals surface area contributed by atoms with Crippen LogP contribution in [0.1, 0.15) is 25.8 Å². The topological polar surface area (TPSA) is 209 Å². The van der Waals surface area contributed by atoms with Crippen LogP contribution in [-0.4, -0.2) is 64.4 Å². The Morgan fingerprint density at radius 3 is 2.35 bits per heavy atom. The molecular formula is C22H30N6O6. The third kappa shape index (κ3) is 7.30. The summed E-state index contributed by atoms with van der Waals surface area (Å²) in [5, 5.41) is 17.7. The van der Waals surface area contributed by atoms with Crippen LogP contribution in [0.2, 0.25) is 0 Å². The predicted octanol–water partition coefficient (Wildman–Crippen LogP) is -1.26. The largest absolute Gasteiger partial charge is 0.480 e. The van der Waals surface area contributed by atoms with Gasteiger partial charge >= 0.3 is 5.97 Å². The number of hydrogen-bond donors (Lipinski definition) is 7. The van der Waals surface area contributed by atoms with Crippen LogP contribution in [-0.2, 0) is 30.4 Å². The first-order chi connectivity index (χ1) is 16.0. The van der Waals surface area contributed by atoms with E-state index in [4.69, 9.17) is 11.5 Å². The van der Waals surface area contributed by atoms with Crippen molar-refractivity contribution in [2.24, 2.45) is 17.4 Å². The predicted molar refractivity (Wildman–Crippen MR) is 123 cm³/mol. The third-order valence-corrected chi connectivity index (χ3v) is 5.16. The van der Waals surface area contributed by atoms with Gasteiger partial charge in [-0.2, -0.15) is 0 Å². The van der Waals surface area contributed by atoms with Gasteiger partial charge in [0.05, 0.1) is 19.0 Å².